The predicted molar refractivity (Wildman–Crippen MR) is 88.3 cm³/mol. The summed E-state index contributed by atoms with van der Waals surface area (Å²) >= 11 is 2.24. The van der Waals surface area contributed by atoms with Gasteiger partial charge in [0.15, 0.2) is 6.10 Å². The molecule has 1 unspecified atom stereocenters. The molecule has 3 nitrogen and oxygen atoms in total. The van der Waals surface area contributed by atoms with E-state index < -0.39 is 6.10 Å². The Bertz CT molecular complexity index is 594. The van der Waals surface area contributed by atoms with Gasteiger partial charge in [0.25, 0.3) is 0 Å². The molecule has 4 heteroatoms. The number of carbonyl (C=O) groups excluding carboxylic acids is 1. The first-order valence-corrected chi connectivity index (χ1v) is 7.25. The summed E-state index contributed by atoms with van der Waals surface area (Å²) in [5.74, 6) is -0.326. The van der Waals surface area contributed by atoms with E-state index in [1.165, 1.54) is 6.92 Å². The van der Waals surface area contributed by atoms with Crippen LogP contribution in [0.4, 0.5) is 5.69 Å². The molecular formula is C16H14INO2. The van der Waals surface area contributed by atoms with E-state index in [1.807, 2.05) is 54.6 Å². The maximum absolute atomic E-state index is 11.2. The van der Waals surface area contributed by atoms with E-state index in [2.05, 4.69) is 27.6 Å². The Labute approximate surface area is 131 Å². The molecule has 0 aliphatic rings. The number of halogens is 1. The fourth-order valence-corrected chi connectivity index (χ4v) is 2.05. The van der Waals surface area contributed by atoms with Crippen LogP contribution < -0.4 is 0 Å². The van der Waals surface area contributed by atoms with Crippen LogP contribution in [0.2, 0.25) is 0 Å². The summed E-state index contributed by atoms with van der Waals surface area (Å²) in [5.41, 5.74) is 1.73. The zero-order chi connectivity index (χ0) is 14.4. The van der Waals surface area contributed by atoms with Gasteiger partial charge in [-0.25, -0.2) is 0 Å². The smallest absolute Gasteiger partial charge is 0.303 e. The Morgan fingerprint density at radius 1 is 1.15 bits per heavy atom. The van der Waals surface area contributed by atoms with E-state index in [0.29, 0.717) is 0 Å². The summed E-state index contributed by atoms with van der Waals surface area (Å²) in [6, 6.07) is 17.4. The maximum atomic E-state index is 11.2. The van der Waals surface area contributed by atoms with Gasteiger partial charge in [-0.05, 0) is 52.4 Å². The molecule has 2 aromatic rings. The van der Waals surface area contributed by atoms with Crippen molar-refractivity contribution in [3.8, 4) is 0 Å². The number of nitrogens with zero attached hydrogens (tertiary/aromatic N) is 1. The number of carbonyl (C=O) groups is 1. The second-order valence-corrected chi connectivity index (χ2v) is 5.44. The number of ether oxygens (including phenoxy) is 1. The van der Waals surface area contributed by atoms with Crippen LogP contribution in [0, 0.1) is 3.57 Å². The Hall–Kier alpha value is -1.69. The summed E-state index contributed by atoms with van der Waals surface area (Å²) in [5, 5.41) is 0. The third kappa shape index (κ3) is 4.45. The molecule has 1 atom stereocenters. The lowest BCUT2D eigenvalue weighted by atomic mass is 10.1. The fraction of sp³-hybridized carbons (Fsp3) is 0.125. The van der Waals surface area contributed by atoms with Gasteiger partial charge in [0.1, 0.15) is 0 Å². The fourth-order valence-electron chi connectivity index (χ4n) is 1.69. The number of aliphatic imine (C=N–C) groups is 1. The van der Waals surface area contributed by atoms with Gasteiger partial charge in [-0.2, -0.15) is 0 Å². The van der Waals surface area contributed by atoms with Gasteiger partial charge in [0, 0.05) is 10.5 Å². The Morgan fingerprint density at radius 3 is 2.40 bits per heavy atom. The van der Waals surface area contributed by atoms with Gasteiger partial charge in [0.2, 0.25) is 0 Å². The molecule has 102 valence electrons. The standard InChI is InChI=1S/C16H14INO2/c1-12(19)20-16(13-5-3-2-4-6-13)11-18-15-9-7-14(17)8-10-15/h2-11,16H,1H3. The Kier molecular flexibility index (Phi) is 5.29. The van der Waals surface area contributed by atoms with Crippen LogP contribution in [0.3, 0.4) is 0 Å². The van der Waals surface area contributed by atoms with Gasteiger partial charge < -0.3 is 4.74 Å². The minimum atomic E-state index is -0.465. The van der Waals surface area contributed by atoms with Gasteiger partial charge >= 0.3 is 5.97 Å². The van der Waals surface area contributed by atoms with Crippen molar-refractivity contribution in [3.63, 3.8) is 0 Å². The molecule has 0 aliphatic heterocycles. The summed E-state index contributed by atoms with van der Waals surface area (Å²) in [4.78, 5) is 15.6. The normalized spacial score (nSPS) is 12.3. The molecular weight excluding hydrogens is 365 g/mol. The number of hydrogen-bond acceptors (Lipinski definition) is 3. The van der Waals surface area contributed by atoms with E-state index in [-0.39, 0.29) is 5.97 Å². The van der Waals surface area contributed by atoms with Crippen molar-refractivity contribution in [2.45, 2.75) is 13.0 Å². The molecule has 0 N–H and O–H groups in total. The average molecular weight is 379 g/mol. The van der Waals surface area contributed by atoms with Crippen LogP contribution in [0.25, 0.3) is 0 Å². The van der Waals surface area contributed by atoms with Crippen molar-refractivity contribution in [1.29, 1.82) is 0 Å². The van der Waals surface area contributed by atoms with E-state index >= 15 is 0 Å². The first-order chi connectivity index (χ1) is 9.65. The number of hydrogen-bond donors (Lipinski definition) is 0. The van der Waals surface area contributed by atoms with Crippen LogP contribution >= 0.6 is 22.6 Å². The largest absolute Gasteiger partial charge is 0.452 e. The number of rotatable bonds is 4. The number of benzene rings is 2. The van der Waals surface area contributed by atoms with E-state index in [1.54, 1.807) is 6.21 Å². The first-order valence-electron chi connectivity index (χ1n) is 6.17. The van der Waals surface area contributed by atoms with Crippen molar-refractivity contribution >= 4 is 40.5 Å². The molecule has 0 radical (unpaired) electrons. The van der Waals surface area contributed by atoms with Crippen LogP contribution in [-0.4, -0.2) is 12.2 Å². The van der Waals surface area contributed by atoms with Crippen molar-refractivity contribution in [3.05, 3.63) is 63.7 Å². The second kappa shape index (κ2) is 7.19. The predicted octanol–water partition coefficient (Wildman–Crippen LogP) is 4.30. The molecule has 0 amide bonds. The van der Waals surface area contributed by atoms with Crippen LogP contribution in [0.1, 0.15) is 18.6 Å². The molecule has 2 aromatic carbocycles. The molecule has 0 saturated carbocycles. The number of esters is 1. The van der Waals surface area contributed by atoms with Crippen LogP contribution in [0.15, 0.2) is 59.6 Å². The highest BCUT2D eigenvalue weighted by Gasteiger charge is 2.11. The monoisotopic (exact) mass is 379 g/mol. The van der Waals surface area contributed by atoms with E-state index in [4.69, 9.17) is 4.74 Å². The average Bonchev–Trinajstić information content (AvgIpc) is 2.46. The molecule has 0 aromatic heterocycles. The SMILES string of the molecule is CC(=O)OC(C=Nc1ccc(I)cc1)c1ccccc1. The quantitative estimate of drug-likeness (QED) is 0.452. The van der Waals surface area contributed by atoms with Crippen LogP contribution in [0.5, 0.6) is 0 Å². The third-order valence-corrected chi connectivity index (χ3v) is 3.33. The van der Waals surface area contributed by atoms with Gasteiger partial charge in [-0.3, -0.25) is 9.79 Å². The lowest BCUT2D eigenvalue weighted by Gasteiger charge is -2.12. The summed E-state index contributed by atoms with van der Waals surface area (Å²) in [7, 11) is 0. The van der Waals surface area contributed by atoms with Gasteiger partial charge in [-0.15, -0.1) is 0 Å². The van der Waals surface area contributed by atoms with E-state index in [9.17, 15) is 4.79 Å². The summed E-state index contributed by atoms with van der Waals surface area (Å²) < 4.78 is 6.45. The zero-order valence-electron chi connectivity index (χ0n) is 11.0. The molecule has 20 heavy (non-hydrogen) atoms. The molecule has 0 bridgehead atoms. The summed E-state index contributed by atoms with van der Waals surface area (Å²) in [6.07, 6.45) is 1.19. The molecule has 0 spiro atoms. The van der Waals surface area contributed by atoms with Crippen molar-refractivity contribution in [2.75, 3.05) is 0 Å². The molecule has 0 heterocycles. The maximum Gasteiger partial charge on any atom is 0.303 e. The van der Waals surface area contributed by atoms with Crippen molar-refractivity contribution < 1.29 is 9.53 Å². The first kappa shape index (κ1) is 14.7. The highest BCUT2D eigenvalue weighted by atomic mass is 127. The highest BCUT2D eigenvalue weighted by Crippen LogP contribution is 2.19. The Morgan fingerprint density at radius 2 is 1.80 bits per heavy atom. The topological polar surface area (TPSA) is 38.7 Å². The molecule has 0 fully saturated rings. The molecule has 2 rings (SSSR count). The Balaban J connectivity index is 2.19. The lowest BCUT2D eigenvalue weighted by Crippen LogP contribution is -2.09. The van der Waals surface area contributed by atoms with Crippen molar-refractivity contribution in [2.24, 2.45) is 4.99 Å². The van der Waals surface area contributed by atoms with Gasteiger partial charge in [0.05, 0.1) is 11.9 Å². The summed E-state index contributed by atoms with van der Waals surface area (Å²) in [6.45, 7) is 1.40. The third-order valence-electron chi connectivity index (χ3n) is 2.61. The highest BCUT2D eigenvalue weighted by molar-refractivity contribution is 14.1. The van der Waals surface area contributed by atoms with Crippen LogP contribution in [-0.2, 0) is 9.53 Å². The zero-order valence-corrected chi connectivity index (χ0v) is 13.2. The minimum Gasteiger partial charge on any atom is -0.452 e. The second-order valence-electron chi connectivity index (χ2n) is 4.20. The molecule has 0 aliphatic carbocycles. The minimum absolute atomic E-state index is 0.326. The molecule has 0 saturated heterocycles. The van der Waals surface area contributed by atoms with Gasteiger partial charge in [-0.1, -0.05) is 30.3 Å². The lowest BCUT2D eigenvalue weighted by molar-refractivity contribution is -0.143. The van der Waals surface area contributed by atoms with E-state index in [0.717, 1.165) is 14.8 Å². The van der Waals surface area contributed by atoms with Crippen molar-refractivity contribution in [1.82, 2.24) is 0 Å².